The Balaban J connectivity index is 2.02. The van der Waals surface area contributed by atoms with E-state index in [-0.39, 0.29) is 12.5 Å². The number of nitrogens with two attached hydrogens (primary N) is 1. The van der Waals surface area contributed by atoms with Crippen molar-refractivity contribution in [3.8, 4) is 5.75 Å². The quantitative estimate of drug-likeness (QED) is 0.807. The molecule has 1 aliphatic rings. The molecule has 1 fully saturated rings. The van der Waals surface area contributed by atoms with E-state index in [1.54, 1.807) is 0 Å². The highest BCUT2D eigenvalue weighted by Crippen LogP contribution is 2.35. The average molecular weight is 284 g/mol. The van der Waals surface area contributed by atoms with E-state index < -0.39 is 5.97 Å². The van der Waals surface area contributed by atoms with Crippen LogP contribution in [-0.4, -0.2) is 17.7 Å². The normalized spacial score (nSPS) is 16.1. The second-order valence-electron chi connectivity index (χ2n) is 4.95. The number of benzene rings is 1. The van der Waals surface area contributed by atoms with Gasteiger partial charge in [-0.15, -0.1) is 0 Å². The maximum absolute atomic E-state index is 10.6. The number of rotatable bonds is 7. The number of aliphatic carboxylic acids is 1. The van der Waals surface area contributed by atoms with Crippen LogP contribution in [0.4, 0.5) is 0 Å². The molecular formula is C14H18ClNO3. The maximum Gasteiger partial charge on any atom is 0.303 e. The molecule has 5 heteroatoms. The summed E-state index contributed by atoms with van der Waals surface area (Å²) in [4.78, 5) is 10.6. The summed E-state index contributed by atoms with van der Waals surface area (Å²) in [5, 5.41) is 9.17. The van der Waals surface area contributed by atoms with Gasteiger partial charge in [0.15, 0.2) is 0 Å². The van der Waals surface area contributed by atoms with Crippen LogP contribution in [0.5, 0.6) is 5.75 Å². The molecule has 1 aromatic rings. The molecule has 104 valence electrons. The molecule has 0 spiro atoms. The number of carboxylic acid groups (broad SMARTS) is 1. The van der Waals surface area contributed by atoms with Crippen LogP contribution in [0, 0.1) is 5.92 Å². The van der Waals surface area contributed by atoms with Crippen LogP contribution in [0.1, 0.15) is 37.3 Å². The van der Waals surface area contributed by atoms with E-state index in [1.807, 2.05) is 18.2 Å². The first-order chi connectivity index (χ1) is 9.08. The summed E-state index contributed by atoms with van der Waals surface area (Å²) >= 11 is 6.27. The van der Waals surface area contributed by atoms with E-state index in [4.69, 9.17) is 27.2 Å². The molecule has 0 saturated heterocycles. The van der Waals surface area contributed by atoms with Crippen LogP contribution in [-0.2, 0) is 4.79 Å². The number of carboxylic acids is 1. The summed E-state index contributed by atoms with van der Waals surface area (Å²) in [5.41, 5.74) is 6.72. The smallest absolute Gasteiger partial charge is 0.303 e. The van der Waals surface area contributed by atoms with Crippen LogP contribution in [0.3, 0.4) is 0 Å². The Morgan fingerprint density at radius 3 is 2.89 bits per heavy atom. The molecule has 1 aliphatic carbocycles. The lowest BCUT2D eigenvalue weighted by molar-refractivity contribution is -0.137. The minimum absolute atomic E-state index is 0.0324. The van der Waals surface area contributed by atoms with Gasteiger partial charge in [-0.1, -0.05) is 23.7 Å². The van der Waals surface area contributed by atoms with E-state index >= 15 is 0 Å². The number of hydrogen-bond acceptors (Lipinski definition) is 3. The van der Waals surface area contributed by atoms with Gasteiger partial charge in [-0.3, -0.25) is 4.79 Å². The molecule has 0 amide bonds. The van der Waals surface area contributed by atoms with E-state index in [0.717, 1.165) is 5.56 Å². The van der Waals surface area contributed by atoms with Crippen molar-refractivity contribution in [2.45, 2.75) is 31.7 Å². The van der Waals surface area contributed by atoms with Crippen LogP contribution in [0.2, 0.25) is 5.02 Å². The Bertz CT molecular complexity index is 460. The third-order valence-electron chi connectivity index (χ3n) is 3.23. The summed E-state index contributed by atoms with van der Waals surface area (Å²) in [6.45, 7) is 0.688. The number of ether oxygens (including phenoxy) is 1. The number of hydrogen-bond donors (Lipinski definition) is 2. The van der Waals surface area contributed by atoms with E-state index in [1.165, 1.54) is 12.8 Å². The number of carbonyl (C=O) groups is 1. The lowest BCUT2D eigenvalue weighted by atomic mass is 10.0. The second-order valence-corrected chi connectivity index (χ2v) is 5.33. The van der Waals surface area contributed by atoms with Gasteiger partial charge in [0.25, 0.3) is 0 Å². The molecule has 1 saturated carbocycles. The topological polar surface area (TPSA) is 72.6 Å². The zero-order valence-corrected chi connectivity index (χ0v) is 11.4. The fraction of sp³-hybridized carbons (Fsp3) is 0.500. The zero-order chi connectivity index (χ0) is 13.8. The zero-order valence-electron chi connectivity index (χ0n) is 10.6. The average Bonchev–Trinajstić information content (AvgIpc) is 3.18. The van der Waals surface area contributed by atoms with Crippen molar-refractivity contribution in [2.24, 2.45) is 11.7 Å². The predicted octanol–water partition coefficient (Wildman–Crippen LogP) is 2.99. The van der Waals surface area contributed by atoms with Crippen molar-refractivity contribution >= 4 is 17.6 Å². The highest BCUT2D eigenvalue weighted by molar-refractivity contribution is 6.32. The van der Waals surface area contributed by atoms with Gasteiger partial charge in [0.1, 0.15) is 5.75 Å². The molecule has 2 rings (SSSR count). The summed E-state index contributed by atoms with van der Waals surface area (Å²) in [6, 6.07) is 5.09. The third kappa shape index (κ3) is 4.11. The highest BCUT2D eigenvalue weighted by Gasteiger charge is 2.23. The Morgan fingerprint density at radius 2 is 2.26 bits per heavy atom. The second kappa shape index (κ2) is 6.26. The fourth-order valence-corrected chi connectivity index (χ4v) is 2.17. The van der Waals surface area contributed by atoms with Gasteiger partial charge < -0.3 is 15.6 Å². The van der Waals surface area contributed by atoms with Crippen molar-refractivity contribution in [1.82, 2.24) is 0 Å². The third-order valence-corrected chi connectivity index (χ3v) is 3.64. The van der Waals surface area contributed by atoms with Crippen LogP contribution in [0.15, 0.2) is 18.2 Å². The largest absolute Gasteiger partial charge is 0.492 e. The summed E-state index contributed by atoms with van der Waals surface area (Å²) in [7, 11) is 0. The van der Waals surface area contributed by atoms with Crippen LogP contribution in [0.25, 0.3) is 0 Å². The maximum atomic E-state index is 10.6. The summed E-state index contributed by atoms with van der Waals surface area (Å²) in [6.07, 6.45) is 2.83. The Hall–Kier alpha value is -1.26. The van der Waals surface area contributed by atoms with Gasteiger partial charge in [-0.2, -0.15) is 0 Å². The van der Waals surface area contributed by atoms with E-state index in [9.17, 15) is 4.79 Å². The van der Waals surface area contributed by atoms with Gasteiger partial charge in [0, 0.05) is 12.5 Å². The first kappa shape index (κ1) is 14.2. The molecule has 1 aromatic carbocycles. The van der Waals surface area contributed by atoms with Gasteiger partial charge in [0.05, 0.1) is 11.6 Å². The highest BCUT2D eigenvalue weighted by atomic mass is 35.5. The van der Waals surface area contributed by atoms with Crippen molar-refractivity contribution in [2.75, 3.05) is 6.61 Å². The van der Waals surface area contributed by atoms with Gasteiger partial charge in [-0.25, -0.2) is 0 Å². The van der Waals surface area contributed by atoms with Crippen LogP contribution < -0.4 is 10.5 Å². The first-order valence-corrected chi connectivity index (χ1v) is 6.84. The fourth-order valence-electron chi connectivity index (χ4n) is 1.85. The Morgan fingerprint density at radius 1 is 1.53 bits per heavy atom. The lowest BCUT2D eigenvalue weighted by Gasteiger charge is -2.15. The molecule has 0 radical (unpaired) electrons. The van der Waals surface area contributed by atoms with Gasteiger partial charge in [-0.05, 0) is 36.8 Å². The first-order valence-electron chi connectivity index (χ1n) is 6.46. The monoisotopic (exact) mass is 283 g/mol. The van der Waals surface area contributed by atoms with Crippen molar-refractivity contribution in [3.05, 3.63) is 28.8 Å². The minimum atomic E-state index is -0.854. The summed E-state index contributed by atoms with van der Waals surface area (Å²) < 4.78 is 5.67. The number of halogens is 1. The standard InChI is InChI=1S/C14H18ClNO3/c15-14-10(11(16)6-7-13(17)18)2-1-3-12(14)19-8-9-4-5-9/h1-3,9,11H,4-8,16H2,(H,17,18). The lowest BCUT2D eigenvalue weighted by Crippen LogP contribution is -2.13. The van der Waals surface area contributed by atoms with Gasteiger partial charge in [0.2, 0.25) is 0 Å². The molecule has 1 unspecified atom stereocenters. The van der Waals surface area contributed by atoms with Crippen molar-refractivity contribution in [3.63, 3.8) is 0 Å². The summed E-state index contributed by atoms with van der Waals surface area (Å²) in [5.74, 6) is 0.435. The molecule has 0 aromatic heterocycles. The molecule has 0 heterocycles. The molecular weight excluding hydrogens is 266 g/mol. The van der Waals surface area contributed by atoms with E-state index in [0.29, 0.717) is 29.7 Å². The molecule has 3 N–H and O–H groups in total. The molecule has 0 aliphatic heterocycles. The van der Waals surface area contributed by atoms with E-state index in [2.05, 4.69) is 0 Å². The minimum Gasteiger partial charge on any atom is -0.492 e. The van der Waals surface area contributed by atoms with Crippen LogP contribution >= 0.6 is 11.6 Å². The Labute approximate surface area is 117 Å². The molecule has 19 heavy (non-hydrogen) atoms. The molecule has 0 bridgehead atoms. The molecule has 4 nitrogen and oxygen atoms in total. The Kier molecular flexibility index (Phi) is 4.66. The van der Waals surface area contributed by atoms with Crippen molar-refractivity contribution in [1.29, 1.82) is 0 Å². The predicted molar refractivity (Wildman–Crippen MR) is 73.5 cm³/mol. The van der Waals surface area contributed by atoms with Gasteiger partial charge >= 0.3 is 5.97 Å². The molecule has 1 atom stereocenters. The van der Waals surface area contributed by atoms with Crippen molar-refractivity contribution < 1.29 is 14.6 Å². The SMILES string of the molecule is NC(CCC(=O)O)c1cccc(OCC2CC2)c1Cl.